The first-order chi connectivity index (χ1) is 13.3. The van der Waals surface area contributed by atoms with Crippen molar-refractivity contribution in [2.75, 3.05) is 0 Å². The number of benzene rings is 2. The zero-order valence-corrected chi connectivity index (χ0v) is 15.6. The standard InChI is InChI=1S/C22H21NO5/c1-13-3-6-15(7-4-13)20-12-18(16-11-14(2)5-9-19(16)28-20)23-17(22(26)27)8-10-21(24)25/h3-7,9,11-12,17H,8,10H2,1-2H3,(H,24,25)(H,26,27)/p-2. The Labute approximate surface area is 161 Å². The van der Waals surface area contributed by atoms with Crippen molar-refractivity contribution in [3.63, 3.8) is 0 Å². The third kappa shape index (κ3) is 4.46. The normalized spacial score (nSPS) is 12.9. The fraction of sp³-hybridized carbons (Fsp3) is 0.227. The molecule has 0 fully saturated rings. The molecule has 28 heavy (non-hydrogen) atoms. The second-order valence-electron chi connectivity index (χ2n) is 6.74. The van der Waals surface area contributed by atoms with Gasteiger partial charge in [-0.15, -0.1) is 0 Å². The van der Waals surface area contributed by atoms with Gasteiger partial charge in [-0.25, -0.2) is 0 Å². The fourth-order valence-corrected chi connectivity index (χ4v) is 2.91. The summed E-state index contributed by atoms with van der Waals surface area (Å²) in [7, 11) is 0. The minimum atomic E-state index is -1.43. The van der Waals surface area contributed by atoms with Crippen LogP contribution in [-0.2, 0) is 9.59 Å². The highest BCUT2D eigenvalue weighted by atomic mass is 16.4. The highest BCUT2D eigenvalue weighted by molar-refractivity contribution is 5.80. The molecule has 0 bridgehead atoms. The summed E-state index contributed by atoms with van der Waals surface area (Å²) in [5, 5.41) is 23.3. The third-order valence-electron chi connectivity index (χ3n) is 4.42. The van der Waals surface area contributed by atoms with Gasteiger partial charge in [-0.2, -0.15) is 0 Å². The highest BCUT2D eigenvalue weighted by Gasteiger charge is 2.11. The number of aliphatic carboxylic acids is 2. The SMILES string of the molecule is Cc1ccc(-c2cc(=NC(CCC(=O)[O-])C(=O)[O-])c3cc(C)ccc3o2)cc1. The predicted molar refractivity (Wildman–Crippen MR) is 99.7 cm³/mol. The van der Waals surface area contributed by atoms with Crippen molar-refractivity contribution in [2.45, 2.75) is 32.7 Å². The first kappa shape index (κ1) is 19.4. The van der Waals surface area contributed by atoms with Gasteiger partial charge in [0.2, 0.25) is 0 Å². The van der Waals surface area contributed by atoms with E-state index < -0.39 is 24.4 Å². The van der Waals surface area contributed by atoms with Crippen LogP contribution in [0.25, 0.3) is 22.3 Å². The summed E-state index contributed by atoms with van der Waals surface area (Å²) in [5.41, 5.74) is 3.44. The van der Waals surface area contributed by atoms with Crippen molar-refractivity contribution in [2.24, 2.45) is 4.99 Å². The van der Waals surface area contributed by atoms with E-state index in [-0.39, 0.29) is 6.42 Å². The van der Waals surface area contributed by atoms with E-state index in [0.717, 1.165) is 16.7 Å². The molecule has 1 unspecified atom stereocenters. The number of nitrogens with zero attached hydrogens (tertiary/aromatic N) is 1. The van der Waals surface area contributed by atoms with Crippen LogP contribution in [0.15, 0.2) is 57.9 Å². The van der Waals surface area contributed by atoms with Gasteiger partial charge >= 0.3 is 0 Å². The second-order valence-corrected chi connectivity index (χ2v) is 6.74. The zero-order valence-electron chi connectivity index (χ0n) is 15.6. The zero-order chi connectivity index (χ0) is 20.3. The van der Waals surface area contributed by atoms with Crippen molar-refractivity contribution in [1.29, 1.82) is 0 Å². The molecule has 0 aliphatic carbocycles. The van der Waals surface area contributed by atoms with Gasteiger partial charge in [0.1, 0.15) is 11.3 Å². The average molecular weight is 377 g/mol. The lowest BCUT2D eigenvalue weighted by atomic mass is 10.1. The van der Waals surface area contributed by atoms with Gasteiger partial charge in [-0.05, 0) is 38.8 Å². The topological polar surface area (TPSA) is 106 Å². The number of fused-ring (bicyclic) bond motifs is 1. The van der Waals surface area contributed by atoms with Gasteiger partial charge in [0.25, 0.3) is 0 Å². The summed E-state index contributed by atoms with van der Waals surface area (Å²) in [6, 6.07) is 13.6. The molecule has 144 valence electrons. The van der Waals surface area contributed by atoms with Gasteiger partial charge in [-0.1, -0.05) is 41.5 Å². The summed E-state index contributed by atoms with van der Waals surface area (Å²) in [6.45, 7) is 3.88. The van der Waals surface area contributed by atoms with Gasteiger partial charge in [-0.3, -0.25) is 4.99 Å². The van der Waals surface area contributed by atoms with Crippen molar-refractivity contribution < 1.29 is 24.2 Å². The summed E-state index contributed by atoms with van der Waals surface area (Å²) >= 11 is 0. The maximum atomic E-state index is 11.5. The molecule has 0 aliphatic heterocycles. The number of rotatable bonds is 6. The van der Waals surface area contributed by atoms with E-state index in [0.29, 0.717) is 22.1 Å². The van der Waals surface area contributed by atoms with E-state index >= 15 is 0 Å². The van der Waals surface area contributed by atoms with Gasteiger partial charge in [0.15, 0.2) is 0 Å². The highest BCUT2D eigenvalue weighted by Crippen LogP contribution is 2.23. The summed E-state index contributed by atoms with van der Waals surface area (Å²) in [5.74, 6) is -2.22. The average Bonchev–Trinajstić information content (AvgIpc) is 2.65. The van der Waals surface area contributed by atoms with Crippen LogP contribution in [0.4, 0.5) is 0 Å². The third-order valence-corrected chi connectivity index (χ3v) is 4.42. The van der Waals surface area contributed by atoms with Crippen LogP contribution < -0.4 is 15.6 Å². The Hall–Kier alpha value is -3.41. The number of carboxylic acid groups (broad SMARTS) is 2. The number of carbonyl (C=O) groups is 2. The molecule has 1 heterocycles. The molecule has 0 radical (unpaired) electrons. The van der Waals surface area contributed by atoms with E-state index in [9.17, 15) is 19.8 Å². The first-order valence-electron chi connectivity index (χ1n) is 8.89. The summed E-state index contributed by atoms with van der Waals surface area (Å²) in [6.07, 6.45) is -0.620. The quantitative estimate of drug-likeness (QED) is 0.643. The van der Waals surface area contributed by atoms with E-state index in [1.54, 1.807) is 12.1 Å². The van der Waals surface area contributed by atoms with E-state index in [1.807, 2.05) is 50.2 Å². The van der Waals surface area contributed by atoms with Crippen LogP contribution >= 0.6 is 0 Å². The van der Waals surface area contributed by atoms with E-state index in [1.165, 1.54) is 0 Å². The Bertz CT molecular complexity index is 1100. The molecule has 0 spiro atoms. The minimum absolute atomic E-state index is 0.204. The largest absolute Gasteiger partial charge is 0.550 e. The second kappa shape index (κ2) is 8.08. The first-order valence-corrected chi connectivity index (χ1v) is 8.89. The predicted octanol–water partition coefficient (Wildman–Crippen LogP) is 1.27. The van der Waals surface area contributed by atoms with Crippen molar-refractivity contribution >= 4 is 22.9 Å². The minimum Gasteiger partial charge on any atom is -0.550 e. The number of hydrogen-bond donors (Lipinski definition) is 0. The molecule has 0 saturated carbocycles. The lowest BCUT2D eigenvalue weighted by Gasteiger charge is -2.14. The molecule has 1 aromatic heterocycles. The molecule has 0 aliphatic rings. The number of carboxylic acids is 2. The summed E-state index contributed by atoms with van der Waals surface area (Å²) in [4.78, 5) is 26.5. The Morgan fingerprint density at radius 3 is 2.32 bits per heavy atom. The molecule has 3 rings (SSSR count). The van der Waals surface area contributed by atoms with Crippen LogP contribution in [0.1, 0.15) is 24.0 Å². The lowest BCUT2D eigenvalue weighted by Crippen LogP contribution is -2.37. The van der Waals surface area contributed by atoms with Gasteiger partial charge in [0, 0.05) is 23.0 Å². The number of aryl methyl sites for hydroxylation is 2. The van der Waals surface area contributed by atoms with Crippen molar-refractivity contribution in [3.8, 4) is 11.3 Å². The van der Waals surface area contributed by atoms with Gasteiger partial charge in [0.05, 0.1) is 17.4 Å². The molecule has 6 nitrogen and oxygen atoms in total. The number of hydrogen-bond acceptors (Lipinski definition) is 6. The van der Waals surface area contributed by atoms with E-state index in [2.05, 4.69) is 4.99 Å². The van der Waals surface area contributed by atoms with Gasteiger partial charge < -0.3 is 24.2 Å². The van der Waals surface area contributed by atoms with Crippen LogP contribution in [0.2, 0.25) is 0 Å². The Morgan fingerprint density at radius 1 is 1.00 bits per heavy atom. The van der Waals surface area contributed by atoms with Crippen LogP contribution in [0.3, 0.4) is 0 Å². The Balaban J connectivity index is 2.20. The summed E-state index contributed by atoms with van der Waals surface area (Å²) < 4.78 is 6.00. The van der Waals surface area contributed by atoms with Crippen molar-refractivity contribution in [3.05, 3.63) is 65.0 Å². The molecular formula is C22H19NO5-2. The number of carbonyl (C=O) groups excluding carboxylic acids is 2. The van der Waals surface area contributed by atoms with Crippen LogP contribution in [-0.4, -0.2) is 18.0 Å². The molecule has 0 N–H and O–H groups in total. The van der Waals surface area contributed by atoms with Crippen LogP contribution in [0, 0.1) is 13.8 Å². The molecule has 6 heteroatoms. The smallest absolute Gasteiger partial charge is 0.136 e. The Kier molecular flexibility index (Phi) is 5.59. The van der Waals surface area contributed by atoms with Crippen LogP contribution in [0.5, 0.6) is 0 Å². The fourth-order valence-electron chi connectivity index (χ4n) is 2.91. The molecule has 3 aromatic rings. The molecular weight excluding hydrogens is 358 g/mol. The maximum absolute atomic E-state index is 11.5. The lowest BCUT2D eigenvalue weighted by molar-refractivity contribution is -0.309. The molecule has 2 aromatic carbocycles. The molecule has 1 atom stereocenters. The van der Waals surface area contributed by atoms with Crippen molar-refractivity contribution in [1.82, 2.24) is 0 Å². The van der Waals surface area contributed by atoms with E-state index in [4.69, 9.17) is 4.42 Å². The Morgan fingerprint density at radius 2 is 1.68 bits per heavy atom. The molecule has 0 saturated heterocycles. The monoisotopic (exact) mass is 377 g/mol. The maximum Gasteiger partial charge on any atom is 0.136 e. The molecule has 0 amide bonds.